The van der Waals surface area contributed by atoms with Crippen LogP contribution in [-0.2, 0) is 15.7 Å². The quantitative estimate of drug-likeness (QED) is 0.515. The maximum Gasteiger partial charge on any atom is 0.419 e. The Morgan fingerprint density at radius 3 is 2.44 bits per heavy atom. The first-order chi connectivity index (χ1) is 8.29. The van der Waals surface area contributed by atoms with Crippen LogP contribution in [0.25, 0.3) is 0 Å². The van der Waals surface area contributed by atoms with Gasteiger partial charge < -0.3 is 9.84 Å². The minimum atomic E-state index is -4.81. The second-order valence-electron chi connectivity index (χ2n) is 3.25. The predicted molar refractivity (Wildman–Crippen MR) is 54.1 cm³/mol. The summed E-state index contributed by atoms with van der Waals surface area (Å²) in [7, 11) is 0. The molecule has 98 valence electrons. The fourth-order valence-corrected chi connectivity index (χ4v) is 1.26. The van der Waals surface area contributed by atoms with Crippen LogP contribution in [0.15, 0.2) is 18.2 Å². The van der Waals surface area contributed by atoms with Crippen molar-refractivity contribution in [2.75, 3.05) is 6.61 Å². The van der Waals surface area contributed by atoms with Gasteiger partial charge >= 0.3 is 12.1 Å². The maximum atomic E-state index is 12.5. The van der Waals surface area contributed by atoms with Gasteiger partial charge in [0, 0.05) is 0 Å². The van der Waals surface area contributed by atoms with Crippen LogP contribution < -0.4 is 0 Å². The number of carbonyl (C=O) groups is 2. The first-order valence-electron chi connectivity index (χ1n) is 4.89. The molecule has 0 aromatic heterocycles. The fourth-order valence-electron chi connectivity index (χ4n) is 1.26. The first kappa shape index (κ1) is 14.0. The number of aromatic hydroxyl groups is 1. The highest BCUT2D eigenvalue weighted by molar-refractivity contribution is 6.41. The summed E-state index contributed by atoms with van der Waals surface area (Å²) in [5.74, 6) is -3.91. The highest BCUT2D eigenvalue weighted by Gasteiger charge is 2.36. The molecule has 0 amide bonds. The molecular formula is C11H9F3O4. The lowest BCUT2D eigenvalue weighted by Crippen LogP contribution is -2.18. The van der Waals surface area contributed by atoms with E-state index < -0.39 is 34.8 Å². The van der Waals surface area contributed by atoms with E-state index in [-0.39, 0.29) is 6.61 Å². The number of hydrogen-bond donors (Lipinski definition) is 1. The number of benzene rings is 1. The standard InChI is InChI=1S/C11H9F3O4/c1-2-18-10(17)9(16)6-4-3-5-7(8(6)15)11(12,13)14/h3-5,15H,2H2,1H3. The summed E-state index contributed by atoms with van der Waals surface area (Å²) >= 11 is 0. The van der Waals surface area contributed by atoms with Gasteiger partial charge in [-0.2, -0.15) is 13.2 Å². The Hall–Kier alpha value is -2.05. The first-order valence-corrected chi connectivity index (χ1v) is 4.89. The number of ether oxygens (including phenoxy) is 1. The summed E-state index contributed by atoms with van der Waals surface area (Å²) < 4.78 is 41.7. The molecule has 0 radical (unpaired) electrons. The number of ketones is 1. The molecule has 4 nitrogen and oxygen atoms in total. The van der Waals surface area contributed by atoms with Gasteiger partial charge in [0.25, 0.3) is 5.78 Å². The Bertz CT molecular complexity index is 480. The van der Waals surface area contributed by atoms with Crippen LogP contribution in [0.5, 0.6) is 5.75 Å². The Balaban J connectivity index is 3.20. The Morgan fingerprint density at radius 1 is 1.33 bits per heavy atom. The summed E-state index contributed by atoms with van der Waals surface area (Å²) in [5.41, 5.74) is -2.11. The SMILES string of the molecule is CCOC(=O)C(=O)c1cccc(C(F)(F)F)c1O. The van der Waals surface area contributed by atoms with Crippen molar-refractivity contribution in [1.82, 2.24) is 0 Å². The number of esters is 1. The summed E-state index contributed by atoms with van der Waals surface area (Å²) in [6.45, 7) is 1.35. The number of phenolic OH excluding ortho intramolecular Hbond substituents is 1. The lowest BCUT2D eigenvalue weighted by atomic mass is 10.0. The molecule has 18 heavy (non-hydrogen) atoms. The van der Waals surface area contributed by atoms with E-state index >= 15 is 0 Å². The van der Waals surface area contributed by atoms with Gasteiger partial charge in [0.15, 0.2) is 0 Å². The lowest BCUT2D eigenvalue weighted by Gasteiger charge is -2.11. The number of Topliss-reactive ketones (excluding diaryl/α,β-unsaturated/α-hetero) is 1. The zero-order chi connectivity index (χ0) is 13.9. The molecule has 0 aliphatic heterocycles. The molecule has 0 aliphatic rings. The molecular weight excluding hydrogens is 253 g/mol. The molecule has 0 aliphatic carbocycles. The van der Waals surface area contributed by atoms with Crippen LogP contribution in [0.2, 0.25) is 0 Å². The van der Waals surface area contributed by atoms with Gasteiger partial charge in [0.05, 0.1) is 17.7 Å². The third-order valence-corrected chi connectivity index (χ3v) is 2.05. The highest BCUT2D eigenvalue weighted by Crippen LogP contribution is 2.37. The molecule has 0 heterocycles. The summed E-state index contributed by atoms with van der Waals surface area (Å²) in [6, 6.07) is 2.45. The molecule has 0 saturated carbocycles. The summed E-state index contributed by atoms with van der Waals surface area (Å²) in [6.07, 6.45) is -4.81. The number of carbonyl (C=O) groups excluding carboxylic acids is 2. The fraction of sp³-hybridized carbons (Fsp3) is 0.273. The van der Waals surface area contributed by atoms with Crippen molar-refractivity contribution in [2.45, 2.75) is 13.1 Å². The number of rotatable bonds is 3. The molecule has 0 saturated heterocycles. The molecule has 0 spiro atoms. The average Bonchev–Trinajstić information content (AvgIpc) is 2.27. The van der Waals surface area contributed by atoms with Crippen molar-refractivity contribution >= 4 is 11.8 Å². The van der Waals surface area contributed by atoms with Gasteiger partial charge in [-0.15, -0.1) is 0 Å². The monoisotopic (exact) mass is 262 g/mol. The third kappa shape index (κ3) is 2.79. The summed E-state index contributed by atoms with van der Waals surface area (Å²) in [4.78, 5) is 22.5. The largest absolute Gasteiger partial charge is 0.507 e. The zero-order valence-electron chi connectivity index (χ0n) is 9.25. The van der Waals surface area contributed by atoms with E-state index in [1.807, 2.05) is 0 Å². The van der Waals surface area contributed by atoms with E-state index in [4.69, 9.17) is 0 Å². The second kappa shape index (κ2) is 5.07. The van der Waals surface area contributed by atoms with Crippen molar-refractivity contribution in [2.24, 2.45) is 0 Å². The van der Waals surface area contributed by atoms with E-state index in [1.165, 1.54) is 6.92 Å². The van der Waals surface area contributed by atoms with Crippen LogP contribution >= 0.6 is 0 Å². The van der Waals surface area contributed by atoms with Crippen molar-refractivity contribution < 1.29 is 32.6 Å². The topological polar surface area (TPSA) is 63.6 Å². The number of halogens is 3. The van der Waals surface area contributed by atoms with Crippen LogP contribution in [0.3, 0.4) is 0 Å². The molecule has 0 unspecified atom stereocenters. The number of alkyl halides is 3. The Kier molecular flexibility index (Phi) is 3.95. The molecule has 7 heteroatoms. The van der Waals surface area contributed by atoms with E-state index in [0.29, 0.717) is 6.07 Å². The Morgan fingerprint density at radius 2 is 1.94 bits per heavy atom. The van der Waals surface area contributed by atoms with Gasteiger partial charge in [-0.1, -0.05) is 6.07 Å². The van der Waals surface area contributed by atoms with Gasteiger partial charge in [-0.05, 0) is 19.1 Å². The van der Waals surface area contributed by atoms with Crippen LogP contribution in [-0.4, -0.2) is 23.5 Å². The number of para-hydroxylation sites is 1. The van der Waals surface area contributed by atoms with Gasteiger partial charge in [0.1, 0.15) is 5.75 Å². The molecule has 0 atom stereocenters. The third-order valence-electron chi connectivity index (χ3n) is 2.05. The van der Waals surface area contributed by atoms with Crippen molar-refractivity contribution in [1.29, 1.82) is 0 Å². The van der Waals surface area contributed by atoms with Gasteiger partial charge in [-0.3, -0.25) is 4.79 Å². The Labute approximate surface area is 100.0 Å². The smallest absolute Gasteiger partial charge is 0.419 e. The van der Waals surface area contributed by atoms with Crippen LogP contribution in [0.4, 0.5) is 13.2 Å². The molecule has 1 aromatic carbocycles. The molecule has 1 N–H and O–H groups in total. The van der Waals surface area contributed by atoms with E-state index in [2.05, 4.69) is 4.74 Å². The van der Waals surface area contributed by atoms with Crippen molar-refractivity contribution in [3.8, 4) is 5.75 Å². The maximum absolute atomic E-state index is 12.5. The number of hydrogen-bond acceptors (Lipinski definition) is 4. The zero-order valence-corrected chi connectivity index (χ0v) is 9.25. The van der Waals surface area contributed by atoms with Gasteiger partial charge in [-0.25, -0.2) is 4.79 Å². The summed E-state index contributed by atoms with van der Waals surface area (Å²) in [5, 5.41) is 9.36. The minimum Gasteiger partial charge on any atom is -0.507 e. The lowest BCUT2D eigenvalue weighted by molar-refractivity contribution is -0.139. The predicted octanol–water partition coefficient (Wildman–Crippen LogP) is 2.16. The normalized spacial score (nSPS) is 11.1. The molecule has 1 rings (SSSR count). The van der Waals surface area contributed by atoms with Gasteiger partial charge in [0.2, 0.25) is 0 Å². The van der Waals surface area contributed by atoms with E-state index in [9.17, 15) is 27.9 Å². The molecule has 0 fully saturated rings. The second-order valence-corrected chi connectivity index (χ2v) is 3.25. The van der Waals surface area contributed by atoms with Crippen molar-refractivity contribution in [3.05, 3.63) is 29.3 Å². The minimum absolute atomic E-state index is 0.0930. The molecule has 0 bridgehead atoms. The van der Waals surface area contributed by atoms with E-state index in [1.54, 1.807) is 0 Å². The van der Waals surface area contributed by atoms with Crippen LogP contribution in [0.1, 0.15) is 22.8 Å². The van der Waals surface area contributed by atoms with E-state index in [0.717, 1.165) is 12.1 Å². The van der Waals surface area contributed by atoms with Crippen LogP contribution in [0, 0.1) is 0 Å². The van der Waals surface area contributed by atoms with Crippen molar-refractivity contribution in [3.63, 3.8) is 0 Å². The highest BCUT2D eigenvalue weighted by atomic mass is 19.4. The average molecular weight is 262 g/mol. The number of phenols is 1. The molecule has 1 aromatic rings.